The second-order valence-electron chi connectivity index (χ2n) is 31.4. The lowest BCUT2D eigenvalue weighted by Gasteiger charge is -2.19. The first-order chi connectivity index (χ1) is 58.0. The number of rotatable bonds is 20. The van der Waals surface area contributed by atoms with Crippen LogP contribution in [0, 0.1) is 6.57 Å². The summed E-state index contributed by atoms with van der Waals surface area (Å²) in [5.74, 6) is 1.49. The molecule has 0 aliphatic carbocycles. The quantitative estimate of drug-likeness (QED) is 0.0515. The molecule has 0 amide bonds. The highest BCUT2D eigenvalue weighted by atomic mass is 32.2. The highest BCUT2D eigenvalue weighted by molar-refractivity contribution is 7.93. The van der Waals surface area contributed by atoms with Gasteiger partial charge in [-0.1, -0.05) is 130 Å². The fourth-order valence-corrected chi connectivity index (χ4v) is 17.1. The monoisotopic (exact) mass is 1720 g/mol. The molecule has 0 atom stereocenters. The zero-order valence-electron chi connectivity index (χ0n) is 68.3. The molecule has 8 heterocycles. The predicted molar refractivity (Wildman–Crippen MR) is 472 cm³/mol. The Hall–Kier alpha value is -13.6. The van der Waals surface area contributed by atoms with Crippen LogP contribution in [0.25, 0.3) is 71.2 Å². The molecule has 0 radical (unpaired) electrons. The van der Waals surface area contributed by atoms with Gasteiger partial charge in [-0.2, -0.15) is 15.3 Å². The van der Waals surface area contributed by atoms with E-state index < -0.39 is 53.4 Å². The molecular formula is C90H87F2N17O9S4. The minimum absolute atomic E-state index is 0.0239. The summed E-state index contributed by atoms with van der Waals surface area (Å²) in [6.07, 6.45) is 8.29. The number of benzene rings is 8. The molecule has 624 valence electrons. The van der Waals surface area contributed by atoms with Gasteiger partial charge in [0.25, 0.3) is 45.9 Å². The molecule has 0 saturated carbocycles. The first kappa shape index (κ1) is 86.2. The molecule has 0 unspecified atom stereocenters. The summed E-state index contributed by atoms with van der Waals surface area (Å²) in [5.41, 5.74) is 8.72. The SMILES string of the molecule is CC(C)(C)c1ccc(S(=O)(=O)Nc2cc(CF)nn2-c2cccc3ncccc23)cc1.CC(C)(C)c1ccc(S(=O)(=O)Nc2ccnn2-c2cccc3ncccc23)cc1.CC(C)Oc1ccc(S(=O)(=O)Nc2cc(CF)nn2-c2cccc3ncccc23)cc1.[C-]#[N+]c1cc(NS(=O)(=O)c2ccc(C(C)(C)C)cc2)n(-c2cccc3ncccc23)n1. The summed E-state index contributed by atoms with van der Waals surface area (Å²) in [6, 6.07) is 69.1. The lowest BCUT2D eigenvalue weighted by Crippen LogP contribution is -2.17. The van der Waals surface area contributed by atoms with Crippen LogP contribution in [0.2, 0.25) is 0 Å². The minimum Gasteiger partial charge on any atom is -0.491 e. The molecule has 0 aliphatic heterocycles. The van der Waals surface area contributed by atoms with Crippen LogP contribution in [-0.4, -0.2) is 98.8 Å². The van der Waals surface area contributed by atoms with Gasteiger partial charge >= 0.3 is 0 Å². The van der Waals surface area contributed by atoms with Gasteiger partial charge in [-0.25, -0.2) is 56.5 Å². The van der Waals surface area contributed by atoms with Gasteiger partial charge in [0.1, 0.15) is 36.6 Å². The number of hydrogen-bond donors (Lipinski definition) is 4. The van der Waals surface area contributed by atoms with Crippen LogP contribution >= 0.6 is 0 Å². The van der Waals surface area contributed by atoms with Crippen molar-refractivity contribution >= 4 is 113 Å². The van der Waals surface area contributed by atoms with Crippen LogP contribution < -0.4 is 23.6 Å². The van der Waals surface area contributed by atoms with Gasteiger partial charge in [-0.15, -0.1) is 4.68 Å². The van der Waals surface area contributed by atoms with Gasteiger partial charge in [-0.3, -0.25) is 38.8 Å². The third-order valence-electron chi connectivity index (χ3n) is 19.2. The Morgan fingerprint density at radius 1 is 0.361 bits per heavy atom. The normalized spacial score (nSPS) is 12.0. The van der Waals surface area contributed by atoms with E-state index in [1.807, 2.05) is 111 Å². The van der Waals surface area contributed by atoms with Gasteiger partial charge in [0.15, 0.2) is 5.82 Å². The maximum Gasteiger partial charge on any atom is 0.298 e. The molecule has 4 N–H and O–H groups in total. The molecule has 122 heavy (non-hydrogen) atoms. The van der Waals surface area contributed by atoms with E-state index in [1.54, 1.807) is 151 Å². The first-order valence-electron chi connectivity index (χ1n) is 38.4. The minimum atomic E-state index is -3.94. The van der Waals surface area contributed by atoms with Crippen molar-refractivity contribution in [3.63, 3.8) is 0 Å². The number of alkyl halides is 2. The molecule has 8 aromatic heterocycles. The number of sulfonamides is 4. The van der Waals surface area contributed by atoms with Crippen molar-refractivity contribution in [1.82, 2.24) is 59.1 Å². The highest BCUT2D eigenvalue weighted by Crippen LogP contribution is 2.35. The molecule has 32 heteroatoms. The Labute approximate surface area is 706 Å². The Morgan fingerprint density at radius 3 is 0.959 bits per heavy atom. The Bertz CT molecular complexity index is 7000. The number of aromatic nitrogens is 12. The van der Waals surface area contributed by atoms with Crippen LogP contribution in [0.1, 0.15) is 104 Å². The molecule has 16 aromatic rings. The fraction of sp³-hybridized carbons (Fsp3) is 0.189. The summed E-state index contributed by atoms with van der Waals surface area (Å²) >= 11 is 0. The number of halogens is 2. The molecule has 8 aromatic carbocycles. The Balaban J connectivity index is 0.000000140. The smallest absolute Gasteiger partial charge is 0.298 e. The van der Waals surface area contributed by atoms with E-state index in [9.17, 15) is 42.5 Å². The number of nitrogens with one attached hydrogen (secondary N) is 4. The van der Waals surface area contributed by atoms with Crippen LogP contribution in [0.15, 0.2) is 293 Å². The zero-order valence-corrected chi connectivity index (χ0v) is 71.6. The second kappa shape index (κ2) is 35.4. The number of anilines is 4. The van der Waals surface area contributed by atoms with Crippen molar-refractivity contribution < 1.29 is 47.2 Å². The topological polar surface area (TPSA) is 321 Å². The lowest BCUT2D eigenvalue weighted by atomic mass is 9.87. The van der Waals surface area contributed by atoms with Gasteiger partial charge in [0.05, 0.1) is 88.1 Å². The average molecular weight is 1720 g/mol. The van der Waals surface area contributed by atoms with Crippen LogP contribution in [-0.2, 0) is 69.7 Å². The molecule has 26 nitrogen and oxygen atoms in total. The number of ether oxygens (including phenoxy) is 1. The zero-order chi connectivity index (χ0) is 87.1. The maximum absolute atomic E-state index is 13.4. The van der Waals surface area contributed by atoms with E-state index in [1.165, 1.54) is 44.4 Å². The molecule has 16 rings (SSSR count). The third kappa shape index (κ3) is 19.8. The van der Waals surface area contributed by atoms with Crippen molar-refractivity contribution in [3.05, 3.63) is 313 Å². The number of nitrogens with zero attached hydrogens (tertiary/aromatic N) is 13. The van der Waals surface area contributed by atoms with E-state index in [0.29, 0.717) is 34.1 Å². The van der Waals surface area contributed by atoms with Gasteiger partial charge < -0.3 is 9.58 Å². The van der Waals surface area contributed by atoms with Gasteiger partial charge in [0, 0.05) is 70.6 Å². The van der Waals surface area contributed by atoms with Crippen molar-refractivity contribution in [2.24, 2.45) is 0 Å². The summed E-state index contributed by atoms with van der Waals surface area (Å²) in [7, 11) is -15.5. The Morgan fingerprint density at radius 2 is 0.656 bits per heavy atom. The molecule has 0 bridgehead atoms. The van der Waals surface area contributed by atoms with E-state index >= 15 is 0 Å². The third-order valence-corrected chi connectivity index (χ3v) is 24.7. The van der Waals surface area contributed by atoms with E-state index in [4.69, 9.17) is 11.3 Å². The van der Waals surface area contributed by atoms with Gasteiger partial charge in [-0.05, 0) is 210 Å². The average Bonchev–Trinajstić information content (AvgIpc) is 1.58. The van der Waals surface area contributed by atoms with Crippen LogP contribution in [0.3, 0.4) is 0 Å². The standard InChI is InChI=1S/C23H23FN4O2S.C23H21N5O2S.C22H21FN4O3S.C22H22N4O2S/c1-23(2,3)16-9-11-18(12-10-16)31(29,30)27-22-14-17(15-24)26-28(22)21-8-4-7-20-19(21)6-5-13-25-20;1-23(2,3)16-10-12-17(13-11-16)31(29,30)27-22-15-21(24-4)26-28(22)20-9-5-8-19-18(20)7-6-14-25-19;1-15(2)30-17-8-10-18(11-9-17)31(28,29)26-22-13-16(14-23)25-27(22)21-7-3-6-20-19(21)5-4-12-24-20;1-22(2,3)16-9-11-17(12-10-16)29(27,28)25-21-13-15-24-26(21)20-8-4-7-19-18(20)6-5-14-23-19/h4-14,27H,15H2,1-3H3;5-15,27H,1-3H3;3-13,15,26H,14H2,1-2H3;4-15,25H,1-3H3. The molecule has 0 spiro atoms. The fourth-order valence-electron chi connectivity index (χ4n) is 13.0. The number of pyridine rings is 4. The van der Waals surface area contributed by atoms with E-state index in [0.717, 1.165) is 60.5 Å². The van der Waals surface area contributed by atoms with E-state index in [-0.39, 0.29) is 76.6 Å². The lowest BCUT2D eigenvalue weighted by molar-refractivity contribution is 0.242. The summed E-state index contributed by atoms with van der Waals surface area (Å²) in [6.45, 7) is 28.1. The Kier molecular flexibility index (Phi) is 25.0. The van der Waals surface area contributed by atoms with Crippen molar-refractivity contribution in [3.8, 4) is 28.5 Å². The largest absolute Gasteiger partial charge is 0.491 e. The molecular weight excluding hydrogens is 1630 g/mol. The van der Waals surface area contributed by atoms with Crippen molar-refractivity contribution in [2.75, 3.05) is 18.9 Å². The summed E-state index contributed by atoms with van der Waals surface area (Å²) < 4.78 is 153. The molecule has 0 saturated heterocycles. The predicted octanol–water partition coefficient (Wildman–Crippen LogP) is 19.1. The molecule has 0 fully saturated rings. The molecule has 0 aliphatic rings. The first-order valence-corrected chi connectivity index (χ1v) is 44.3. The van der Waals surface area contributed by atoms with E-state index in [2.05, 4.69) is 126 Å². The van der Waals surface area contributed by atoms with Crippen LogP contribution in [0.4, 0.5) is 37.9 Å². The maximum atomic E-state index is 13.4. The number of fused-ring (bicyclic) bond motifs is 4. The number of hydrogen-bond acceptors (Lipinski definition) is 17. The summed E-state index contributed by atoms with van der Waals surface area (Å²) in [5, 5.41) is 20.3. The van der Waals surface area contributed by atoms with Crippen molar-refractivity contribution in [1.29, 1.82) is 0 Å². The van der Waals surface area contributed by atoms with Crippen LogP contribution in [0.5, 0.6) is 5.75 Å². The highest BCUT2D eigenvalue weighted by Gasteiger charge is 2.28. The van der Waals surface area contributed by atoms with Gasteiger partial charge in [0.2, 0.25) is 0 Å². The van der Waals surface area contributed by atoms with Crippen molar-refractivity contribution in [2.45, 2.75) is 131 Å². The second-order valence-corrected chi connectivity index (χ2v) is 38.2. The summed E-state index contributed by atoms with van der Waals surface area (Å²) in [4.78, 5) is 21.2.